The van der Waals surface area contributed by atoms with Gasteiger partial charge in [0.1, 0.15) is 5.69 Å². The lowest BCUT2D eigenvalue weighted by atomic mass is 10.2. The van der Waals surface area contributed by atoms with Gasteiger partial charge in [-0.25, -0.2) is 0 Å². The van der Waals surface area contributed by atoms with Gasteiger partial charge >= 0.3 is 6.18 Å². The number of pyridine rings is 1. The maximum Gasteiger partial charge on any atom is 0.401 e. The molecule has 0 aromatic carbocycles. The number of anilines is 1. The molecule has 3 nitrogen and oxygen atoms in total. The van der Waals surface area contributed by atoms with Crippen molar-refractivity contribution in [1.82, 2.24) is 9.88 Å². The van der Waals surface area contributed by atoms with Crippen molar-refractivity contribution in [3.05, 3.63) is 23.5 Å². The topological polar surface area (TPSA) is 19.4 Å². The van der Waals surface area contributed by atoms with Crippen LogP contribution in [0.3, 0.4) is 0 Å². The lowest BCUT2D eigenvalue weighted by Crippen LogP contribution is -2.49. The number of hydrogen-bond donors (Lipinski definition) is 0. The molecule has 2 rings (SSSR count). The first-order chi connectivity index (χ1) is 9.69. The average Bonchev–Trinajstić information content (AvgIpc) is 2.37. The second-order valence-electron chi connectivity index (χ2n) is 4.55. The minimum absolute atomic E-state index is 0.135. The maximum absolute atomic E-state index is 13.5. The van der Waals surface area contributed by atoms with Crippen LogP contribution in [0.1, 0.15) is 0 Å². The van der Waals surface area contributed by atoms with Crippen molar-refractivity contribution in [3.8, 4) is 0 Å². The number of hydrogen-bond acceptors (Lipinski definition) is 3. The van der Waals surface area contributed by atoms with E-state index in [1.54, 1.807) is 0 Å². The molecule has 118 valence electrons. The minimum atomic E-state index is -4.38. The van der Waals surface area contributed by atoms with Crippen molar-refractivity contribution in [2.75, 3.05) is 37.6 Å². The molecule has 10 heteroatoms. The van der Waals surface area contributed by atoms with E-state index in [9.17, 15) is 30.7 Å². The molecule has 0 spiro atoms. The highest BCUT2D eigenvalue weighted by atomic mass is 19.4. The van der Waals surface area contributed by atoms with E-state index in [-0.39, 0.29) is 26.2 Å². The summed E-state index contributed by atoms with van der Waals surface area (Å²) in [5.74, 6) is -6.89. The molecule has 0 amide bonds. The van der Waals surface area contributed by atoms with Crippen molar-refractivity contribution in [2.24, 2.45) is 0 Å². The van der Waals surface area contributed by atoms with Crippen molar-refractivity contribution in [3.63, 3.8) is 0 Å². The van der Waals surface area contributed by atoms with Gasteiger partial charge in [0.2, 0.25) is 11.6 Å². The summed E-state index contributed by atoms with van der Waals surface area (Å²) in [4.78, 5) is 4.43. The smallest absolute Gasteiger partial charge is 0.364 e. The normalized spacial score (nSPS) is 17.4. The van der Waals surface area contributed by atoms with Crippen LogP contribution in [-0.4, -0.2) is 48.8 Å². The first-order valence-electron chi connectivity index (χ1n) is 5.93. The molecule has 0 bridgehead atoms. The van der Waals surface area contributed by atoms with Gasteiger partial charge < -0.3 is 4.90 Å². The Kier molecular flexibility index (Phi) is 4.26. The molecule has 2 heterocycles. The molecule has 1 aliphatic heterocycles. The van der Waals surface area contributed by atoms with Crippen molar-refractivity contribution in [2.45, 2.75) is 6.18 Å². The number of piperazine rings is 1. The predicted octanol–water partition coefficient (Wildman–Crippen LogP) is 2.32. The minimum Gasteiger partial charge on any atom is -0.364 e. The molecule has 1 aromatic heterocycles. The summed E-state index contributed by atoms with van der Waals surface area (Å²) in [6, 6.07) is 0. The van der Waals surface area contributed by atoms with Crippen molar-refractivity contribution in [1.29, 1.82) is 0 Å². The van der Waals surface area contributed by atoms with E-state index in [1.165, 1.54) is 0 Å². The molecule has 0 atom stereocenters. The molecule has 1 saturated heterocycles. The monoisotopic (exact) mass is 317 g/mol. The first kappa shape index (κ1) is 15.8. The summed E-state index contributed by atoms with van der Waals surface area (Å²) >= 11 is 0. The summed E-state index contributed by atoms with van der Waals surface area (Å²) in [6.45, 7) is -1.79. The van der Waals surface area contributed by atoms with E-state index in [4.69, 9.17) is 0 Å². The Bertz CT molecular complexity index is 497. The Morgan fingerprint density at radius 2 is 1.33 bits per heavy atom. The summed E-state index contributed by atoms with van der Waals surface area (Å²) in [5.41, 5.74) is -0.938. The van der Waals surface area contributed by atoms with Crippen LogP contribution in [0.25, 0.3) is 0 Å². The molecule has 1 fully saturated rings. The van der Waals surface area contributed by atoms with Gasteiger partial charge in [0, 0.05) is 26.2 Å². The van der Waals surface area contributed by atoms with Crippen LogP contribution in [0.2, 0.25) is 0 Å². The van der Waals surface area contributed by atoms with Crippen LogP contribution in [0.15, 0.2) is 0 Å². The van der Waals surface area contributed by atoms with E-state index in [2.05, 4.69) is 4.98 Å². The molecule has 0 unspecified atom stereocenters. The highest BCUT2D eigenvalue weighted by molar-refractivity contribution is 5.49. The van der Waals surface area contributed by atoms with Gasteiger partial charge in [-0.3, -0.25) is 4.90 Å². The molecular weight excluding hydrogens is 307 g/mol. The Morgan fingerprint density at radius 3 is 1.76 bits per heavy atom. The fraction of sp³-hybridized carbons (Fsp3) is 0.545. The highest BCUT2D eigenvalue weighted by Gasteiger charge is 2.33. The van der Waals surface area contributed by atoms with Crippen LogP contribution in [0.4, 0.5) is 36.4 Å². The number of aromatic nitrogens is 1. The van der Waals surface area contributed by atoms with Crippen LogP contribution in [0, 0.1) is 23.5 Å². The summed E-state index contributed by atoms with van der Waals surface area (Å²) in [7, 11) is 0. The molecule has 21 heavy (non-hydrogen) atoms. The van der Waals surface area contributed by atoms with E-state index >= 15 is 0 Å². The third-order valence-electron chi connectivity index (χ3n) is 3.07. The molecule has 1 aromatic rings. The Hall–Kier alpha value is -1.58. The number of rotatable bonds is 2. The van der Waals surface area contributed by atoms with Gasteiger partial charge in [-0.2, -0.15) is 35.7 Å². The molecule has 0 N–H and O–H groups in total. The van der Waals surface area contributed by atoms with E-state index in [0.29, 0.717) is 0 Å². The summed E-state index contributed by atoms with van der Waals surface area (Å²) in [5, 5.41) is 0. The van der Waals surface area contributed by atoms with Gasteiger partial charge in [-0.05, 0) is 0 Å². The number of nitrogens with zero attached hydrogens (tertiary/aromatic N) is 3. The fourth-order valence-corrected chi connectivity index (χ4v) is 2.14. The Balaban J connectivity index is 2.13. The third kappa shape index (κ3) is 3.55. The molecule has 0 radical (unpaired) electrons. The highest BCUT2D eigenvalue weighted by Crippen LogP contribution is 2.27. The predicted molar refractivity (Wildman–Crippen MR) is 58.8 cm³/mol. The zero-order valence-electron chi connectivity index (χ0n) is 10.5. The summed E-state index contributed by atoms with van der Waals surface area (Å²) in [6.07, 6.45) is -4.38. The van der Waals surface area contributed by atoms with Gasteiger partial charge in [-0.1, -0.05) is 0 Å². The van der Waals surface area contributed by atoms with Gasteiger partial charge in [0.15, 0.2) is 0 Å². The molecule has 1 aliphatic rings. The maximum atomic E-state index is 13.5. The second-order valence-corrected chi connectivity index (χ2v) is 4.55. The SMILES string of the molecule is Fc1nc(F)c(F)c(N2CCN(CC(F)(F)F)CC2)c1F. The van der Waals surface area contributed by atoms with Crippen molar-refractivity contribution < 1.29 is 30.7 Å². The van der Waals surface area contributed by atoms with Gasteiger partial charge in [0.05, 0.1) is 6.54 Å². The van der Waals surface area contributed by atoms with E-state index in [1.807, 2.05) is 0 Å². The number of halogens is 7. The zero-order chi connectivity index (χ0) is 15.8. The zero-order valence-corrected chi connectivity index (χ0v) is 10.5. The quantitative estimate of drug-likeness (QED) is 0.616. The fourth-order valence-electron chi connectivity index (χ4n) is 2.14. The van der Waals surface area contributed by atoms with Crippen LogP contribution < -0.4 is 4.90 Å². The lowest BCUT2D eigenvalue weighted by Gasteiger charge is -2.36. The second kappa shape index (κ2) is 5.66. The molecule has 0 aliphatic carbocycles. The van der Waals surface area contributed by atoms with Crippen molar-refractivity contribution >= 4 is 5.69 Å². The standard InChI is InChI=1S/C11H10F7N3/c12-6-8(7(13)10(15)19-9(6)14)21-3-1-20(2-4-21)5-11(16,17)18/h1-5H2. The summed E-state index contributed by atoms with van der Waals surface area (Å²) < 4.78 is 89.7. The van der Waals surface area contributed by atoms with Crippen LogP contribution >= 0.6 is 0 Å². The third-order valence-corrected chi connectivity index (χ3v) is 3.07. The Labute approximate surface area is 115 Å². The Morgan fingerprint density at radius 1 is 0.857 bits per heavy atom. The molecular formula is C11H10F7N3. The van der Waals surface area contributed by atoms with Crippen LogP contribution in [0.5, 0.6) is 0 Å². The largest absolute Gasteiger partial charge is 0.401 e. The van der Waals surface area contributed by atoms with Gasteiger partial charge in [0.25, 0.3) is 11.9 Å². The lowest BCUT2D eigenvalue weighted by molar-refractivity contribution is -0.146. The number of alkyl halides is 3. The molecule has 0 saturated carbocycles. The van der Waals surface area contributed by atoms with Gasteiger partial charge in [-0.15, -0.1) is 0 Å². The van der Waals surface area contributed by atoms with E-state index < -0.39 is 41.9 Å². The van der Waals surface area contributed by atoms with Crippen LogP contribution in [-0.2, 0) is 0 Å². The average molecular weight is 317 g/mol. The van der Waals surface area contributed by atoms with E-state index in [0.717, 1.165) is 9.80 Å². The first-order valence-corrected chi connectivity index (χ1v) is 5.93.